The number of carbonyl (C=O) groups excluding carboxylic acids is 1. The Morgan fingerprint density at radius 2 is 2.00 bits per heavy atom. The molecule has 32 heavy (non-hydrogen) atoms. The number of ether oxygens (including phenoxy) is 1. The van der Waals surface area contributed by atoms with Crippen LogP contribution < -0.4 is 10.6 Å². The van der Waals surface area contributed by atoms with Gasteiger partial charge < -0.3 is 15.4 Å². The molecule has 1 aromatic rings. The van der Waals surface area contributed by atoms with Crippen LogP contribution in [0.2, 0.25) is 0 Å². The first-order chi connectivity index (χ1) is 15.0. The molecular formula is C23H35F3N4O2. The highest BCUT2D eigenvalue weighted by atomic mass is 19.4. The first-order valence-corrected chi connectivity index (χ1v) is 11.7. The average Bonchev–Trinajstić information content (AvgIpc) is 3.06. The zero-order valence-corrected chi connectivity index (χ0v) is 19.3. The number of amides is 1. The molecule has 0 spiro atoms. The molecule has 0 saturated heterocycles. The largest absolute Gasteiger partial charge is 0.446 e. The third-order valence-electron chi connectivity index (χ3n) is 7.25. The van der Waals surface area contributed by atoms with Crippen LogP contribution in [0.25, 0.3) is 0 Å². The van der Waals surface area contributed by atoms with Crippen molar-refractivity contribution < 1.29 is 22.7 Å². The number of hydrogen-bond donors (Lipinski definition) is 2. The summed E-state index contributed by atoms with van der Waals surface area (Å²) in [4.78, 5) is 20.1. The van der Waals surface area contributed by atoms with Crippen molar-refractivity contribution in [2.24, 2.45) is 17.8 Å². The number of nitrogens with zero attached hydrogens (tertiary/aromatic N) is 2. The van der Waals surface area contributed by atoms with E-state index in [9.17, 15) is 18.0 Å². The van der Waals surface area contributed by atoms with Gasteiger partial charge in [-0.2, -0.15) is 13.2 Å². The topological polar surface area (TPSA) is 76.1 Å². The van der Waals surface area contributed by atoms with Crippen molar-refractivity contribution in [2.75, 3.05) is 5.32 Å². The van der Waals surface area contributed by atoms with E-state index < -0.39 is 23.5 Å². The molecule has 3 rings (SSSR count). The Labute approximate surface area is 188 Å². The molecule has 2 aliphatic carbocycles. The molecule has 1 heterocycles. The van der Waals surface area contributed by atoms with E-state index in [-0.39, 0.29) is 18.0 Å². The average molecular weight is 457 g/mol. The molecule has 0 radical (unpaired) electrons. The van der Waals surface area contributed by atoms with Crippen LogP contribution >= 0.6 is 0 Å². The van der Waals surface area contributed by atoms with Gasteiger partial charge in [0.2, 0.25) is 0 Å². The molecule has 2 fully saturated rings. The first kappa shape index (κ1) is 24.6. The van der Waals surface area contributed by atoms with Gasteiger partial charge in [-0.1, -0.05) is 27.2 Å². The van der Waals surface area contributed by atoms with E-state index in [1.54, 1.807) is 0 Å². The minimum Gasteiger partial charge on any atom is -0.446 e. The predicted octanol–water partition coefficient (Wildman–Crippen LogP) is 5.80. The number of anilines is 1. The SMILES string of the molecule is CCC1CCC(C(C)C)C(OC(=O)N[C@H]2CCC[C@]2(C)Nc2cnc(C(F)(F)F)cn2)C1. The third kappa shape index (κ3) is 5.84. The normalized spacial score (nSPS) is 30.9. The summed E-state index contributed by atoms with van der Waals surface area (Å²) >= 11 is 0. The Morgan fingerprint density at radius 3 is 2.59 bits per heavy atom. The number of alkyl halides is 3. The van der Waals surface area contributed by atoms with Crippen molar-refractivity contribution >= 4 is 11.9 Å². The van der Waals surface area contributed by atoms with Gasteiger partial charge >= 0.3 is 12.3 Å². The lowest BCUT2D eigenvalue weighted by Crippen LogP contribution is -2.53. The second-order valence-corrected chi connectivity index (χ2v) is 9.86. The van der Waals surface area contributed by atoms with Gasteiger partial charge in [0.15, 0.2) is 5.69 Å². The monoisotopic (exact) mass is 456 g/mol. The van der Waals surface area contributed by atoms with Gasteiger partial charge in [0.05, 0.1) is 24.0 Å². The lowest BCUT2D eigenvalue weighted by molar-refractivity contribution is -0.141. The fourth-order valence-corrected chi connectivity index (χ4v) is 5.20. The number of nitrogens with one attached hydrogen (secondary N) is 2. The molecule has 2 saturated carbocycles. The van der Waals surface area contributed by atoms with Gasteiger partial charge in [0.25, 0.3) is 0 Å². The minimum atomic E-state index is -4.53. The fraction of sp³-hybridized carbons (Fsp3) is 0.783. The van der Waals surface area contributed by atoms with E-state index in [1.807, 2.05) is 6.92 Å². The molecule has 1 aromatic heterocycles. The smallest absolute Gasteiger partial charge is 0.434 e. The summed E-state index contributed by atoms with van der Waals surface area (Å²) in [7, 11) is 0. The molecule has 180 valence electrons. The lowest BCUT2D eigenvalue weighted by Gasteiger charge is -2.38. The molecule has 3 unspecified atom stereocenters. The van der Waals surface area contributed by atoms with Crippen LogP contribution in [0.15, 0.2) is 12.4 Å². The van der Waals surface area contributed by atoms with Crippen LogP contribution in [-0.4, -0.2) is 33.7 Å². The van der Waals surface area contributed by atoms with Gasteiger partial charge in [-0.25, -0.2) is 14.8 Å². The lowest BCUT2D eigenvalue weighted by atomic mass is 9.74. The van der Waals surface area contributed by atoms with Gasteiger partial charge in [-0.15, -0.1) is 0 Å². The molecule has 9 heteroatoms. The van der Waals surface area contributed by atoms with Crippen molar-refractivity contribution in [1.82, 2.24) is 15.3 Å². The summed E-state index contributed by atoms with van der Waals surface area (Å²) in [5.74, 6) is 1.64. The maximum Gasteiger partial charge on any atom is 0.434 e. The summed E-state index contributed by atoms with van der Waals surface area (Å²) in [6.45, 7) is 8.47. The Morgan fingerprint density at radius 1 is 1.25 bits per heavy atom. The van der Waals surface area contributed by atoms with Gasteiger partial charge in [-0.3, -0.25) is 0 Å². The van der Waals surface area contributed by atoms with Crippen LogP contribution in [0.5, 0.6) is 0 Å². The summed E-state index contributed by atoms with van der Waals surface area (Å²) in [5.41, 5.74) is -1.58. The van der Waals surface area contributed by atoms with Crippen molar-refractivity contribution in [2.45, 2.75) is 96.5 Å². The van der Waals surface area contributed by atoms with E-state index in [0.717, 1.165) is 50.9 Å². The molecule has 0 aromatic carbocycles. The molecule has 1 amide bonds. The molecule has 0 aliphatic heterocycles. The molecule has 6 nitrogen and oxygen atoms in total. The van der Waals surface area contributed by atoms with Crippen LogP contribution in [-0.2, 0) is 10.9 Å². The Balaban J connectivity index is 1.62. The minimum absolute atomic E-state index is 0.0879. The van der Waals surface area contributed by atoms with E-state index in [2.05, 4.69) is 41.4 Å². The predicted molar refractivity (Wildman–Crippen MR) is 116 cm³/mol. The van der Waals surface area contributed by atoms with Gasteiger partial charge in [0.1, 0.15) is 11.9 Å². The first-order valence-electron chi connectivity index (χ1n) is 11.7. The zero-order valence-electron chi connectivity index (χ0n) is 19.3. The second kappa shape index (κ2) is 9.83. The standard InChI is InChI=1S/C23H35F3N4O2/c1-5-15-8-9-16(14(2)3)17(11-15)32-21(31)29-18-7-6-10-22(18,4)30-20-13-27-19(12-28-20)23(24,25)26/h12-18H,5-11H2,1-4H3,(H,28,30)(H,29,31)/t15?,16?,17?,18-,22-/m0/s1. The Bertz CT molecular complexity index is 772. The molecule has 2 aliphatic rings. The van der Waals surface area contributed by atoms with E-state index >= 15 is 0 Å². The van der Waals surface area contributed by atoms with Crippen molar-refractivity contribution in [3.63, 3.8) is 0 Å². The van der Waals surface area contributed by atoms with Crippen molar-refractivity contribution in [3.05, 3.63) is 18.1 Å². The number of rotatable bonds is 6. The number of halogens is 3. The second-order valence-electron chi connectivity index (χ2n) is 9.86. The van der Waals surface area contributed by atoms with Crippen molar-refractivity contribution in [3.8, 4) is 0 Å². The van der Waals surface area contributed by atoms with Gasteiger partial charge in [0, 0.05) is 0 Å². The summed E-state index contributed by atoms with van der Waals surface area (Å²) in [6.07, 6.45) is 3.38. The number of hydrogen-bond acceptors (Lipinski definition) is 5. The van der Waals surface area contributed by atoms with Crippen LogP contribution in [0, 0.1) is 17.8 Å². The van der Waals surface area contributed by atoms with Crippen molar-refractivity contribution in [1.29, 1.82) is 0 Å². The Hall–Kier alpha value is -2.06. The third-order valence-corrected chi connectivity index (χ3v) is 7.25. The highest BCUT2D eigenvalue weighted by Gasteiger charge is 2.42. The number of aromatic nitrogens is 2. The quantitative estimate of drug-likeness (QED) is 0.566. The maximum absolute atomic E-state index is 12.8. The Kier molecular flexibility index (Phi) is 7.55. The fourth-order valence-electron chi connectivity index (χ4n) is 5.20. The molecule has 2 N–H and O–H groups in total. The van der Waals surface area contributed by atoms with E-state index in [1.165, 1.54) is 6.42 Å². The molecule has 5 atom stereocenters. The number of carbonyl (C=O) groups is 1. The van der Waals surface area contributed by atoms with Crippen LogP contribution in [0.3, 0.4) is 0 Å². The highest BCUT2D eigenvalue weighted by Crippen LogP contribution is 2.37. The summed E-state index contributed by atoms with van der Waals surface area (Å²) in [6, 6.07) is -0.220. The zero-order chi connectivity index (χ0) is 23.5. The number of alkyl carbamates (subject to hydrolysis) is 1. The summed E-state index contributed by atoms with van der Waals surface area (Å²) < 4.78 is 44.1. The summed E-state index contributed by atoms with van der Waals surface area (Å²) in [5, 5.41) is 6.20. The highest BCUT2D eigenvalue weighted by molar-refractivity contribution is 5.68. The van der Waals surface area contributed by atoms with E-state index in [0.29, 0.717) is 17.8 Å². The van der Waals surface area contributed by atoms with Gasteiger partial charge in [-0.05, 0) is 63.2 Å². The van der Waals surface area contributed by atoms with Crippen LogP contribution in [0.4, 0.5) is 23.8 Å². The van der Waals surface area contributed by atoms with Crippen LogP contribution in [0.1, 0.15) is 78.3 Å². The molecular weight excluding hydrogens is 421 g/mol. The molecule has 0 bridgehead atoms. The maximum atomic E-state index is 12.8. The van der Waals surface area contributed by atoms with E-state index in [4.69, 9.17) is 4.74 Å².